The minimum absolute atomic E-state index is 0.160. The molecule has 0 saturated heterocycles. The monoisotopic (exact) mass is 327 g/mol. The van der Waals surface area contributed by atoms with Crippen LogP contribution in [0.1, 0.15) is 27.0 Å². The number of aryl methyl sites for hydroxylation is 1. The number of benzene rings is 1. The lowest BCUT2D eigenvalue weighted by Gasteiger charge is -2.03. The number of ketones is 1. The van der Waals surface area contributed by atoms with Crippen LogP contribution in [-0.4, -0.2) is 10.8 Å². The number of nitrogens with one attached hydrogen (secondary N) is 1. The molecule has 3 rings (SSSR count). The van der Waals surface area contributed by atoms with Crippen LogP contribution >= 0.6 is 11.3 Å². The van der Waals surface area contributed by atoms with Gasteiger partial charge in [-0.1, -0.05) is 30.3 Å². The molecule has 2 heterocycles. The van der Waals surface area contributed by atoms with E-state index in [-0.39, 0.29) is 16.9 Å². The number of H-pyrrole nitrogens is 1. The van der Waals surface area contributed by atoms with Gasteiger partial charge in [-0.05, 0) is 41.1 Å². The molecule has 0 aliphatic carbocycles. The standard InChI is InChI=1S/C18H14FNO2S/c1-11-14-8-9-23-18(14)20-17(22)16(11)15(21)7-6-12-2-4-13(10-19)5-3-12/h2-9H,10H2,1H3,(H,20,22). The zero-order chi connectivity index (χ0) is 16.4. The van der Waals surface area contributed by atoms with E-state index in [9.17, 15) is 14.0 Å². The topological polar surface area (TPSA) is 49.9 Å². The molecule has 3 nitrogen and oxygen atoms in total. The molecule has 0 aliphatic rings. The van der Waals surface area contributed by atoms with Crippen LogP contribution in [0.25, 0.3) is 16.3 Å². The Morgan fingerprint density at radius 3 is 2.70 bits per heavy atom. The molecule has 0 fully saturated rings. The minimum atomic E-state index is -0.516. The third kappa shape index (κ3) is 3.00. The van der Waals surface area contributed by atoms with Gasteiger partial charge < -0.3 is 4.98 Å². The van der Waals surface area contributed by atoms with Crippen molar-refractivity contribution in [1.82, 2.24) is 4.98 Å². The van der Waals surface area contributed by atoms with Gasteiger partial charge in [-0.15, -0.1) is 11.3 Å². The lowest BCUT2D eigenvalue weighted by molar-refractivity contribution is 0.104. The molecular weight excluding hydrogens is 313 g/mol. The van der Waals surface area contributed by atoms with Crippen molar-refractivity contribution in [3.8, 4) is 0 Å². The molecule has 0 radical (unpaired) electrons. The summed E-state index contributed by atoms with van der Waals surface area (Å²) in [5.41, 5.74) is 1.84. The molecule has 0 unspecified atom stereocenters. The van der Waals surface area contributed by atoms with Gasteiger partial charge in [0.1, 0.15) is 11.5 Å². The lowest BCUT2D eigenvalue weighted by Crippen LogP contribution is -2.18. The summed E-state index contributed by atoms with van der Waals surface area (Å²) in [6.45, 7) is 1.26. The van der Waals surface area contributed by atoms with Crippen molar-refractivity contribution in [2.24, 2.45) is 0 Å². The predicted octanol–water partition coefficient (Wildman–Crippen LogP) is 4.26. The van der Waals surface area contributed by atoms with E-state index >= 15 is 0 Å². The zero-order valence-electron chi connectivity index (χ0n) is 12.4. The van der Waals surface area contributed by atoms with Gasteiger partial charge in [-0.2, -0.15) is 0 Å². The van der Waals surface area contributed by atoms with Crippen LogP contribution in [0.3, 0.4) is 0 Å². The number of allylic oxidation sites excluding steroid dienone is 1. The first-order chi connectivity index (χ1) is 11.1. The molecule has 0 saturated carbocycles. The second-order valence-electron chi connectivity index (χ2n) is 5.19. The minimum Gasteiger partial charge on any atom is -0.313 e. The molecule has 23 heavy (non-hydrogen) atoms. The van der Waals surface area contributed by atoms with Crippen LogP contribution < -0.4 is 5.56 Å². The maximum absolute atomic E-state index is 12.5. The van der Waals surface area contributed by atoms with Crippen LogP contribution in [0, 0.1) is 6.92 Å². The Balaban J connectivity index is 1.93. The van der Waals surface area contributed by atoms with Crippen LogP contribution in [-0.2, 0) is 6.67 Å². The third-order valence-electron chi connectivity index (χ3n) is 3.71. The van der Waals surface area contributed by atoms with Gasteiger partial charge in [-0.3, -0.25) is 9.59 Å². The number of fused-ring (bicyclic) bond motifs is 1. The second-order valence-corrected chi connectivity index (χ2v) is 6.11. The maximum Gasteiger partial charge on any atom is 0.260 e. The molecule has 0 aliphatic heterocycles. The Kier molecular flexibility index (Phi) is 4.21. The molecule has 0 amide bonds. The number of aromatic amines is 1. The summed E-state index contributed by atoms with van der Waals surface area (Å²) in [4.78, 5) is 28.0. The van der Waals surface area contributed by atoms with Crippen LogP contribution in [0.2, 0.25) is 0 Å². The highest BCUT2D eigenvalue weighted by molar-refractivity contribution is 7.16. The van der Waals surface area contributed by atoms with Crippen molar-refractivity contribution in [3.05, 3.63) is 74.4 Å². The Labute approximate surface area is 136 Å². The largest absolute Gasteiger partial charge is 0.313 e. The van der Waals surface area contributed by atoms with Gasteiger partial charge >= 0.3 is 0 Å². The van der Waals surface area contributed by atoms with E-state index in [1.165, 1.54) is 17.4 Å². The number of pyridine rings is 1. The smallest absolute Gasteiger partial charge is 0.260 e. The van der Waals surface area contributed by atoms with E-state index in [2.05, 4.69) is 4.98 Å². The van der Waals surface area contributed by atoms with E-state index < -0.39 is 6.67 Å². The third-order valence-corrected chi connectivity index (χ3v) is 4.54. The van der Waals surface area contributed by atoms with Gasteiger partial charge in [0.05, 0.1) is 5.56 Å². The van der Waals surface area contributed by atoms with Crippen molar-refractivity contribution in [2.75, 3.05) is 0 Å². The Morgan fingerprint density at radius 1 is 1.26 bits per heavy atom. The number of hydrogen-bond donors (Lipinski definition) is 1. The van der Waals surface area contributed by atoms with E-state index in [1.54, 1.807) is 37.3 Å². The SMILES string of the molecule is Cc1c(C(=O)C=Cc2ccc(CF)cc2)c(=O)[nH]c2sccc12. The first-order valence-corrected chi connectivity index (χ1v) is 7.95. The zero-order valence-corrected chi connectivity index (χ0v) is 13.2. The highest BCUT2D eigenvalue weighted by Gasteiger charge is 2.14. The second kappa shape index (κ2) is 6.30. The van der Waals surface area contributed by atoms with Crippen LogP contribution in [0.5, 0.6) is 0 Å². The van der Waals surface area contributed by atoms with Crippen molar-refractivity contribution in [3.63, 3.8) is 0 Å². The number of hydrogen-bond acceptors (Lipinski definition) is 3. The van der Waals surface area contributed by atoms with Gasteiger partial charge in [-0.25, -0.2) is 4.39 Å². The lowest BCUT2D eigenvalue weighted by atomic mass is 10.0. The van der Waals surface area contributed by atoms with Gasteiger partial charge in [0.2, 0.25) is 0 Å². The number of rotatable bonds is 4. The molecule has 3 aromatic rings. The molecule has 0 bridgehead atoms. The Bertz CT molecular complexity index is 951. The number of carbonyl (C=O) groups excluding carboxylic acids is 1. The highest BCUT2D eigenvalue weighted by atomic mass is 32.1. The van der Waals surface area contributed by atoms with Gasteiger partial charge in [0, 0.05) is 5.39 Å². The summed E-state index contributed by atoms with van der Waals surface area (Å²) < 4.78 is 12.5. The molecular formula is C18H14FNO2S. The quantitative estimate of drug-likeness (QED) is 0.575. The van der Waals surface area contributed by atoms with Crippen LogP contribution in [0.15, 0.2) is 46.6 Å². The number of carbonyl (C=O) groups is 1. The van der Waals surface area contributed by atoms with Crippen molar-refractivity contribution >= 4 is 33.4 Å². The van der Waals surface area contributed by atoms with Crippen molar-refractivity contribution in [1.29, 1.82) is 0 Å². The molecule has 1 aromatic carbocycles. The molecule has 0 atom stereocenters. The fourth-order valence-corrected chi connectivity index (χ4v) is 3.28. The van der Waals surface area contributed by atoms with Gasteiger partial charge in [0.15, 0.2) is 5.78 Å². The first kappa shape index (κ1) is 15.4. The van der Waals surface area contributed by atoms with Gasteiger partial charge in [0.25, 0.3) is 5.56 Å². The average molecular weight is 327 g/mol. The fraction of sp³-hybridized carbons (Fsp3) is 0.111. The summed E-state index contributed by atoms with van der Waals surface area (Å²) in [5, 5.41) is 2.77. The maximum atomic E-state index is 12.5. The molecule has 0 spiro atoms. The highest BCUT2D eigenvalue weighted by Crippen LogP contribution is 2.22. The molecule has 1 N–H and O–H groups in total. The summed E-state index contributed by atoms with van der Waals surface area (Å²) in [7, 11) is 0. The van der Waals surface area contributed by atoms with E-state index in [1.807, 2.05) is 11.4 Å². The summed E-state index contributed by atoms with van der Waals surface area (Å²) in [5.74, 6) is -0.341. The van der Waals surface area contributed by atoms with E-state index in [0.29, 0.717) is 11.1 Å². The number of halogens is 1. The summed E-state index contributed by atoms with van der Waals surface area (Å²) >= 11 is 1.43. The predicted molar refractivity (Wildman–Crippen MR) is 91.8 cm³/mol. The van der Waals surface area contributed by atoms with Crippen molar-refractivity contribution < 1.29 is 9.18 Å². The Hall–Kier alpha value is -2.53. The summed E-state index contributed by atoms with van der Waals surface area (Å²) in [6, 6.07) is 8.69. The number of thiophene rings is 1. The summed E-state index contributed by atoms with van der Waals surface area (Å²) in [6.07, 6.45) is 3.00. The average Bonchev–Trinajstić information content (AvgIpc) is 3.02. The van der Waals surface area contributed by atoms with Crippen LogP contribution in [0.4, 0.5) is 4.39 Å². The molecule has 5 heteroatoms. The van der Waals surface area contributed by atoms with E-state index in [0.717, 1.165) is 15.8 Å². The molecule has 116 valence electrons. The Morgan fingerprint density at radius 2 is 2.00 bits per heavy atom. The number of aromatic nitrogens is 1. The fourth-order valence-electron chi connectivity index (χ4n) is 2.44. The number of alkyl halides is 1. The van der Waals surface area contributed by atoms with Crippen molar-refractivity contribution in [2.45, 2.75) is 13.6 Å². The van der Waals surface area contributed by atoms with E-state index in [4.69, 9.17) is 0 Å². The first-order valence-electron chi connectivity index (χ1n) is 7.07. The molecule has 2 aromatic heterocycles. The normalized spacial score (nSPS) is 11.4.